The van der Waals surface area contributed by atoms with Gasteiger partial charge in [0.05, 0.1) is 28.6 Å². The lowest BCUT2D eigenvalue weighted by Gasteiger charge is -2.01. The number of carbonyl (C=O) groups excluding carboxylic acids is 2. The fourth-order valence-electron chi connectivity index (χ4n) is 2.25. The predicted molar refractivity (Wildman–Crippen MR) is 80.6 cm³/mol. The van der Waals surface area contributed by atoms with Gasteiger partial charge in [0, 0.05) is 12.7 Å². The molecular weight excluding hydrogens is 288 g/mol. The van der Waals surface area contributed by atoms with Gasteiger partial charge in [-0.15, -0.1) is 11.3 Å². The third-order valence-corrected chi connectivity index (χ3v) is 4.70. The second-order valence-corrected chi connectivity index (χ2v) is 6.13. The van der Waals surface area contributed by atoms with Crippen LogP contribution >= 0.6 is 11.3 Å². The molecule has 0 aliphatic heterocycles. The van der Waals surface area contributed by atoms with Gasteiger partial charge in [0.1, 0.15) is 0 Å². The Bertz CT molecular complexity index is 691. The van der Waals surface area contributed by atoms with E-state index in [0.29, 0.717) is 10.8 Å². The molecule has 6 heteroatoms. The topological polar surface area (TPSA) is 68.3 Å². The number of nitrogens with zero attached hydrogens (tertiary/aromatic N) is 1. The van der Waals surface area contributed by atoms with E-state index in [0.717, 1.165) is 10.2 Å². The van der Waals surface area contributed by atoms with Crippen LogP contribution in [0, 0.1) is 0 Å². The van der Waals surface area contributed by atoms with Crippen LogP contribution in [-0.4, -0.2) is 30.5 Å². The number of amides is 1. The second-order valence-electron chi connectivity index (χ2n) is 5.08. The minimum absolute atomic E-state index is 0.163. The second kappa shape index (κ2) is 5.81. The van der Waals surface area contributed by atoms with Gasteiger partial charge in [0.25, 0.3) is 5.91 Å². The van der Waals surface area contributed by atoms with E-state index in [1.807, 2.05) is 12.3 Å². The van der Waals surface area contributed by atoms with Gasteiger partial charge in [-0.1, -0.05) is 0 Å². The fraction of sp³-hybridized carbons (Fsp3) is 0.400. The first-order chi connectivity index (χ1) is 10.2. The van der Waals surface area contributed by atoms with Crippen LogP contribution in [0.2, 0.25) is 0 Å². The highest BCUT2D eigenvalue weighted by atomic mass is 32.1. The van der Waals surface area contributed by atoms with Gasteiger partial charge in [0.15, 0.2) is 0 Å². The average Bonchev–Trinajstić information content (AvgIpc) is 3.24. The fourth-order valence-corrected chi connectivity index (χ4v) is 3.38. The zero-order valence-electron chi connectivity index (χ0n) is 11.7. The van der Waals surface area contributed by atoms with E-state index >= 15 is 0 Å². The molecule has 0 bridgehead atoms. The number of methoxy groups -OCH3 is 1. The molecule has 2 aromatic heterocycles. The van der Waals surface area contributed by atoms with Crippen molar-refractivity contribution in [2.75, 3.05) is 13.7 Å². The summed E-state index contributed by atoms with van der Waals surface area (Å²) >= 11 is 1.47. The normalized spacial score (nSPS) is 14.1. The molecule has 1 aliphatic carbocycles. The van der Waals surface area contributed by atoms with Crippen molar-refractivity contribution in [3.8, 4) is 0 Å². The van der Waals surface area contributed by atoms with E-state index in [4.69, 9.17) is 0 Å². The zero-order valence-corrected chi connectivity index (χ0v) is 12.5. The zero-order chi connectivity index (χ0) is 14.8. The van der Waals surface area contributed by atoms with Gasteiger partial charge < -0.3 is 10.1 Å². The third-order valence-electron chi connectivity index (χ3n) is 3.53. The van der Waals surface area contributed by atoms with E-state index in [1.54, 1.807) is 0 Å². The Morgan fingerprint density at radius 1 is 1.48 bits per heavy atom. The number of esters is 1. The Hall–Kier alpha value is -1.95. The molecule has 0 aromatic carbocycles. The molecule has 1 saturated carbocycles. The first-order valence-corrected chi connectivity index (χ1v) is 7.74. The number of pyridine rings is 1. The van der Waals surface area contributed by atoms with E-state index in [9.17, 15) is 9.59 Å². The Morgan fingerprint density at radius 3 is 3.00 bits per heavy atom. The lowest BCUT2D eigenvalue weighted by molar-refractivity contribution is -0.140. The molecule has 0 unspecified atom stereocenters. The summed E-state index contributed by atoms with van der Waals surface area (Å²) in [4.78, 5) is 28.1. The van der Waals surface area contributed by atoms with Crippen molar-refractivity contribution in [2.24, 2.45) is 0 Å². The van der Waals surface area contributed by atoms with E-state index in [2.05, 4.69) is 21.1 Å². The molecule has 0 saturated heterocycles. The summed E-state index contributed by atoms with van der Waals surface area (Å²) in [5.41, 5.74) is 2.18. The van der Waals surface area contributed by atoms with Crippen molar-refractivity contribution in [3.05, 3.63) is 28.8 Å². The highest BCUT2D eigenvalue weighted by Crippen LogP contribution is 2.44. The molecule has 0 radical (unpaired) electrons. The number of rotatable bonds is 5. The van der Waals surface area contributed by atoms with Crippen LogP contribution in [0.1, 0.15) is 40.4 Å². The van der Waals surface area contributed by atoms with Gasteiger partial charge >= 0.3 is 5.97 Å². The van der Waals surface area contributed by atoms with E-state index < -0.39 is 0 Å². The summed E-state index contributed by atoms with van der Waals surface area (Å²) in [7, 11) is 1.33. The number of ether oxygens (including phenoxy) is 1. The Labute approximate surface area is 126 Å². The van der Waals surface area contributed by atoms with Crippen LogP contribution in [0.15, 0.2) is 18.3 Å². The number of hydrogen-bond acceptors (Lipinski definition) is 5. The molecule has 5 nitrogen and oxygen atoms in total. The Balaban J connectivity index is 1.73. The maximum Gasteiger partial charge on any atom is 0.307 e. The Kier molecular flexibility index (Phi) is 3.88. The summed E-state index contributed by atoms with van der Waals surface area (Å²) in [6.07, 6.45) is 4.43. The molecule has 1 aliphatic rings. The monoisotopic (exact) mass is 304 g/mol. The minimum atomic E-state index is -0.329. The SMILES string of the molecule is COC(=O)CCNC(=O)c1cc2nccc(C3CC3)c2s1. The number of hydrogen-bond donors (Lipinski definition) is 1. The Morgan fingerprint density at radius 2 is 2.29 bits per heavy atom. The molecule has 110 valence electrons. The summed E-state index contributed by atoms with van der Waals surface area (Å²) in [6.45, 7) is 0.280. The quantitative estimate of drug-likeness (QED) is 0.862. The molecule has 2 heterocycles. The summed E-state index contributed by atoms with van der Waals surface area (Å²) in [5, 5.41) is 2.73. The number of carbonyl (C=O) groups is 2. The van der Waals surface area contributed by atoms with Gasteiger partial charge in [-0.2, -0.15) is 0 Å². The van der Waals surface area contributed by atoms with E-state index in [-0.39, 0.29) is 24.8 Å². The van der Waals surface area contributed by atoms with Crippen molar-refractivity contribution in [1.82, 2.24) is 10.3 Å². The van der Waals surface area contributed by atoms with Crippen molar-refractivity contribution in [1.29, 1.82) is 0 Å². The molecular formula is C15H16N2O3S. The lowest BCUT2D eigenvalue weighted by atomic mass is 10.1. The van der Waals surface area contributed by atoms with Crippen LogP contribution in [-0.2, 0) is 9.53 Å². The van der Waals surface area contributed by atoms with Gasteiger partial charge in [-0.25, -0.2) is 0 Å². The lowest BCUT2D eigenvalue weighted by Crippen LogP contribution is -2.25. The molecule has 2 aromatic rings. The largest absolute Gasteiger partial charge is 0.469 e. The van der Waals surface area contributed by atoms with Gasteiger partial charge in [-0.3, -0.25) is 14.6 Å². The molecule has 0 atom stereocenters. The third kappa shape index (κ3) is 3.05. The van der Waals surface area contributed by atoms with E-state index in [1.165, 1.54) is 36.9 Å². The summed E-state index contributed by atoms with van der Waals surface area (Å²) in [6, 6.07) is 3.87. The van der Waals surface area contributed by atoms with Crippen molar-refractivity contribution in [2.45, 2.75) is 25.2 Å². The first kappa shape index (κ1) is 14.0. The number of aromatic nitrogens is 1. The van der Waals surface area contributed by atoms with Gasteiger partial charge in [-0.05, 0) is 36.5 Å². The first-order valence-electron chi connectivity index (χ1n) is 6.92. The maximum atomic E-state index is 12.1. The molecule has 1 fully saturated rings. The number of thiophene rings is 1. The van der Waals surface area contributed by atoms with Crippen LogP contribution < -0.4 is 5.32 Å². The van der Waals surface area contributed by atoms with Crippen molar-refractivity contribution < 1.29 is 14.3 Å². The molecule has 3 rings (SSSR count). The van der Waals surface area contributed by atoms with Crippen LogP contribution in [0.25, 0.3) is 10.2 Å². The molecule has 0 spiro atoms. The molecule has 1 N–H and O–H groups in total. The van der Waals surface area contributed by atoms with Gasteiger partial charge in [0.2, 0.25) is 0 Å². The highest BCUT2D eigenvalue weighted by molar-refractivity contribution is 7.21. The highest BCUT2D eigenvalue weighted by Gasteiger charge is 2.26. The standard InChI is InChI=1S/C15H16N2O3S/c1-20-13(18)5-7-17-15(19)12-8-11-14(21-12)10(4-6-16-11)9-2-3-9/h4,6,8-9H,2-3,5,7H2,1H3,(H,17,19). The maximum absolute atomic E-state index is 12.1. The van der Waals surface area contributed by atoms with Crippen LogP contribution in [0.5, 0.6) is 0 Å². The minimum Gasteiger partial charge on any atom is -0.469 e. The summed E-state index contributed by atoms with van der Waals surface area (Å²) < 4.78 is 5.65. The number of nitrogens with one attached hydrogen (secondary N) is 1. The number of fused-ring (bicyclic) bond motifs is 1. The van der Waals surface area contributed by atoms with Crippen LogP contribution in [0.3, 0.4) is 0 Å². The van der Waals surface area contributed by atoms with Crippen LogP contribution in [0.4, 0.5) is 0 Å². The van der Waals surface area contributed by atoms with Crippen molar-refractivity contribution in [3.63, 3.8) is 0 Å². The smallest absolute Gasteiger partial charge is 0.307 e. The average molecular weight is 304 g/mol. The predicted octanol–water partition coefficient (Wildman–Crippen LogP) is 2.47. The summed E-state index contributed by atoms with van der Waals surface area (Å²) in [5.74, 6) is 0.136. The molecule has 21 heavy (non-hydrogen) atoms. The van der Waals surface area contributed by atoms with Crippen molar-refractivity contribution >= 4 is 33.4 Å². The molecule has 1 amide bonds.